The molecule has 0 spiro atoms. The molecule has 0 aromatic heterocycles. The zero-order valence-corrected chi connectivity index (χ0v) is 16.5. The highest BCUT2D eigenvalue weighted by Gasteiger charge is 2.35. The normalized spacial score (nSPS) is 14.3. The Bertz CT molecular complexity index is 1190. The van der Waals surface area contributed by atoms with Crippen LogP contribution < -0.4 is 14.4 Å². The first kappa shape index (κ1) is 18.6. The second-order valence-corrected chi connectivity index (χ2v) is 8.62. The maximum atomic E-state index is 12.9. The summed E-state index contributed by atoms with van der Waals surface area (Å²) >= 11 is 5.98. The summed E-state index contributed by atoms with van der Waals surface area (Å²) in [6.07, 6.45) is -0.0146. The van der Waals surface area contributed by atoms with Crippen molar-refractivity contribution in [3.8, 4) is 5.75 Å². The molecule has 1 aliphatic heterocycles. The maximum Gasteiger partial charge on any atom is 0.265 e. The average Bonchev–Trinajstić information content (AvgIpc) is 2.89. The molecule has 1 heterocycles. The van der Waals surface area contributed by atoms with Gasteiger partial charge in [-0.25, -0.2) is 8.42 Å². The summed E-state index contributed by atoms with van der Waals surface area (Å²) < 4.78 is 32.4. The highest BCUT2D eigenvalue weighted by molar-refractivity contribution is 7.93. The number of carbonyl (C=O) groups excluding carboxylic acids is 1. The molecule has 1 aliphatic rings. The summed E-state index contributed by atoms with van der Waals surface area (Å²) in [6, 6.07) is 15.5. The van der Waals surface area contributed by atoms with Crippen molar-refractivity contribution < 1.29 is 17.9 Å². The zero-order valence-electron chi connectivity index (χ0n) is 15.0. The molecule has 3 aromatic carbocycles. The largest absolute Gasteiger partial charge is 0.495 e. The van der Waals surface area contributed by atoms with Gasteiger partial charge in [0.05, 0.1) is 23.4 Å². The molecule has 144 valence electrons. The number of hydrogen-bond acceptors (Lipinski definition) is 4. The van der Waals surface area contributed by atoms with E-state index in [-0.39, 0.29) is 23.8 Å². The number of rotatable bonds is 5. The number of anilines is 2. The van der Waals surface area contributed by atoms with Crippen LogP contribution in [0, 0.1) is 0 Å². The van der Waals surface area contributed by atoms with E-state index in [9.17, 15) is 13.2 Å². The Hall–Kier alpha value is -2.77. The number of benzene rings is 3. The number of amides is 1. The van der Waals surface area contributed by atoms with Crippen LogP contribution in [0.1, 0.15) is 6.42 Å². The van der Waals surface area contributed by atoms with Gasteiger partial charge in [0.1, 0.15) is 5.75 Å². The van der Waals surface area contributed by atoms with Crippen molar-refractivity contribution in [1.29, 1.82) is 0 Å². The average molecular weight is 417 g/mol. The third-order valence-electron chi connectivity index (χ3n) is 4.66. The van der Waals surface area contributed by atoms with Crippen molar-refractivity contribution in [1.82, 2.24) is 0 Å². The molecule has 3 aromatic rings. The molecular weight excluding hydrogens is 400 g/mol. The lowest BCUT2D eigenvalue weighted by molar-refractivity contribution is -0.116. The summed E-state index contributed by atoms with van der Waals surface area (Å²) in [5.41, 5.74) is 1.04. The molecule has 0 radical (unpaired) electrons. The fourth-order valence-electron chi connectivity index (χ4n) is 3.39. The number of halogens is 1. The molecular formula is C20H17ClN2O4S. The molecule has 0 saturated carbocycles. The predicted octanol–water partition coefficient (Wildman–Crippen LogP) is 4.04. The topological polar surface area (TPSA) is 75.7 Å². The van der Waals surface area contributed by atoms with E-state index in [0.29, 0.717) is 27.5 Å². The Kier molecular flexibility index (Phi) is 4.64. The Balaban J connectivity index is 1.56. The fraction of sp³-hybridized carbons (Fsp3) is 0.150. The van der Waals surface area contributed by atoms with E-state index < -0.39 is 10.0 Å². The lowest BCUT2D eigenvalue weighted by Crippen LogP contribution is -2.30. The summed E-state index contributed by atoms with van der Waals surface area (Å²) in [5, 5.41) is 4.74. The van der Waals surface area contributed by atoms with Gasteiger partial charge < -0.3 is 10.1 Å². The van der Waals surface area contributed by atoms with E-state index in [1.807, 2.05) is 18.2 Å². The lowest BCUT2D eigenvalue weighted by atomic mass is 10.1. The van der Waals surface area contributed by atoms with Crippen LogP contribution in [0.25, 0.3) is 10.8 Å². The van der Waals surface area contributed by atoms with Crippen molar-refractivity contribution in [3.63, 3.8) is 0 Å². The van der Waals surface area contributed by atoms with E-state index in [2.05, 4.69) is 5.32 Å². The minimum Gasteiger partial charge on any atom is -0.495 e. The lowest BCUT2D eigenvalue weighted by Gasteiger charge is -2.18. The molecule has 0 fully saturated rings. The first-order chi connectivity index (χ1) is 13.4. The Morgan fingerprint density at radius 3 is 2.64 bits per heavy atom. The minimum absolute atomic E-state index is 0.0146. The van der Waals surface area contributed by atoms with Crippen molar-refractivity contribution in [2.45, 2.75) is 11.3 Å². The molecule has 0 saturated heterocycles. The van der Waals surface area contributed by atoms with Crippen molar-refractivity contribution in [2.24, 2.45) is 0 Å². The van der Waals surface area contributed by atoms with Gasteiger partial charge in [-0.3, -0.25) is 9.10 Å². The van der Waals surface area contributed by atoms with Crippen LogP contribution in [-0.4, -0.2) is 28.0 Å². The number of hydrogen-bond donors (Lipinski definition) is 1. The van der Waals surface area contributed by atoms with Crippen LogP contribution in [0.2, 0.25) is 5.02 Å². The van der Waals surface area contributed by atoms with Crippen LogP contribution in [0.15, 0.2) is 59.5 Å². The Morgan fingerprint density at radius 1 is 1.14 bits per heavy atom. The van der Waals surface area contributed by atoms with Gasteiger partial charge in [-0.2, -0.15) is 0 Å². The maximum absolute atomic E-state index is 12.9. The predicted molar refractivity (Wildman–Crippen MR) is 110 cm³/mol. The summed E-state index contributed by atoms with van der Waals surface area (Å²) in [4.78, 5) is 12.7. The van der Waals surface area contributed by atoms with E-state index in [4.69, 9.17) is 16.3 Å². The molecule has 0 bridgehead atoms. The monoisotopic (exact) mass is 416 g/mol. The van der Waals surface area contributed by atoms with E-state index in [1.165, 1.54) is 11.4 Å². The molecule has 0 aliphatic carbocycles. The van der Waals surface area contributed by atoms with E-state index in [0.717, 1.165) is 5.39 Å². The van der Waals surface area contributed by atoms with Crippen LogP contribution in [0.3, 0.4) is 0 Å². The van der Waals surface area contributed by atoms with Gasteiger partial charge in [0.15, 0.2) is 0 Å². The van der Waals surface area contributed by atoms with E-state index in [1.54, 1.807) is 36.4 Å². The van der Waals surface area contributed by atoms with Gasteiger partial charge >= 0.3 is 0 Å². The number of nitrogens with one attached hydrogen (secondary N) is 1. The summed E-state index contributed by atoms with van der Waals surface area (Å²) in [7, 11) is -2.19. The molecule has 1 amide bonds. The highest BCUT2D eigenvalue weighted by atomic mass is 35.5. The smallest absolute Gasteiger partial charge is 0.265 e. The Labute approximate surface area is 167 Å². The summed E-state index contributed by atoms with van der Waals surface area (Å²) in [6.45, 7) is 0.0326. The van der Waals surface area contributed by atoms with Crippen LogP contribution in [0.5, 0.6) is 5.75 Å². The molecule has 8 heteroatoms. The van der Waals surface area contributed by atoms with Gasteiger partial charge in [0, 0.05) is 23.4 Å². The quantitative estimate of drug-likeness (QED) is 0.681. The molecule has 0 unspecified atom stereocenters. The van der Waals surface area contributed by atoms with Gasteiger partial charge in [-0.15, -0.1) is 0 Å². The van der Waals surface area contributed by atoms with Crippen LogP contribution in [0.4, 0.5) is 11.4 Å². The summed E-state index contributed by atoms with van der Waals surface area (Å²) in [5.74, 6) is 0.141. The number of carbonyl (C=O) groups is 1. The van der Waals surface area contributed by atoms with Gasteiger partial charge in [0.2, 0.25) is 5.91 Å². The van der Waals surface area contributed by atoms with Crippen LogP contribution >= 0.6 is 11.6 Å². The number of ether oxygens (including phenoxy) is 1. The standard InChI is InChI=1S/C20H17ClN2O4S/c1-27-17-9-8-14(21)12-15(17)22-19(24)10-11-23-16-6-2-4-13-5-3-7-18(20(13)16)28(23,25)26/h2-9,12H,10-11H2,1H3,(H,22,24). The minimum atomic E-state index is -3.68. The van der Waals surface area contributed by atoms with Gasteiger partial charge in [0.25, 0.3) is 10.0 Å². The zero-order chi connectivity index (χ0) is 19.9. The molecule has 0 atom stereocenters. The number of sulfonamides is 1. The first-order valence-electron chi connectivity index (χ1n) is 8.59. The number of nitrogens with zero attached hydrogens (tertiary/aromatic N) is 1. The van der Waals surface area contributed by atoms with E-state index >= 15 is 0 Å². The first-order valence-corrected chi connectivity index (χ1v) is 10.4. The fourth-order valence-corrected chi connectivity index (χ4v) is 5.28. The van der Waals surface area contributed by atoms with Crippen molar-refractivity contribution in [3.05, 3.63) is 59.6 Å². The molecule has 4 rings (SSSR count). The molecule has 6 nitrogen and oxygen atoms in total. The van der Waals surface area contributed by atoms with Gasteiger partial charge in [-0.1, -0.05) is 35.9 Å². The van der Waals surface area contributed by atoms with Crippen molar-refractivity contribution in [2.75, 3.05) is 23.3 Å². The SMILES string of the molecule is COc1ccc(Cl)cc1NC(=O)CCN1c2cccc3cccc(c23)S1(=O)=O. The van der Waals surface area contributed by atoms with Crippen LogP contribution in [-0.2, 0) is 14.8 Å². The van der Waals surface area contributed by atoms with Gasteiger partial charge in [-0.05, 0) is 35.7 Å². The second-order valence-electron chi connectivity index (χ2n) is 6.35. The Morgan fingerprint density at radius 2 is 1.89 bits per heavy atom. The third kappa shape index (κ3) is 3.06. The molecule has 1 N–H and O–H groups in total. The second kappa shape index (κ2) is 7.00. The van der Waals surface area contributed by atoms with Crippen molar-refractivity contribution >= 4 is 49.7 Å². The number of methoxy groups -OCH3 is 1. The third-order valence-corrected chi connectivity index (χ3v) is 6.75. The highest BCUT2D eigenvalue weighted by Crippen LogP contribution is 2.42. The molecule has 28 heavy (non-hydrogen) atoms.